The van der Waals surface area contributed by atoms with Gasteiger partial charge in [-0.15, -0.1) is 0 Å². The number of halogens is 3. The maximum Gasteiger partial charge on any atom is 0.335 e. The van der Waals surface area contributed by atoms with Gasteiger partial charge in [-0.2, -0.15) is 0 Å². The first kappa shape index (κ1) is 16.7. The van der Waals surface area contributed by atoms with Gasteiger partial charge in [-0.25, -0.2) is 18.0 Å². The molecule has 3 nitrogen and oxygen atoms in total. The summed E-state index contributed by atoms with van der Waals surface area (Å²) >= 11 is 0. The zero-order valence-corrected chi connectivity index (χ0v) is 13.7. The lowest BCUT2D eigenvalue weighted by molar-refractivity contribution is 0.0696. The molecule has 0 atom stereocenters. The maximum absolute atomic E-state index is 14.4. The topological polar surface area (TPSA) is 46.5 Å². The van der Waals surface area contributed by atoms with E-state index in [4.69, 9.17) is 4.74 Å². The van der Waals surface area contributed by atoms with Gasteiger partial charge < -0.3 is 9.84 Å². The lowest BCUT2D eigenvalue weighted by atomic mass is 9.86. The predicted molar refractivity (Wildman–Crippen MR) is 88.6 cm³/mol. The minimum atomic E-state index is -1.16. The molecule has 0 saturated heterocycles. The third-order valence-corrected chi connectivity index (χ3v) is 4.96. The Kier molecular flexibility index (Phi) is 3.79. The third kappa shape index (κ3) is 2.66. The van der Waals surface area contributed by atoms with Crippen molar-refractivity contribution in [1.29, 1.82) is 0 Å². The molecule has 1 saturated carbocycles. The van der Waals surface area contributed by atoms with Gasteiger partial charge in [-0.05, 0) is 55.5 Å². The summed E-state index contributed by atoms with van der Waals surface area (Å²) in [4.78, 5) is 11.3. The third-order valence-electron chi connectivity index (χ3n) is 4.96. The second-order valence-electron chi connectivity index (χ2n) is 6.69. The molecule has 0 aromatic heterocycles. The van der Waals surface area contributed by atoms with Crippen LogP contribution in [0.25, 0.3) is 5.57 Å². The largest absolute Gasteiger partial charge is 0.483 e. The van der Waals surface area contributed by atoms with Crippen molar-refractivity contribution in [2.75, 3.05) is 0 Å². The second kappa shape index (κ2) is 5.90. The molecule has 26 heavy (non-hydrogen) atoms. The van der Waals surface area contributed by atoms with Gasteiger partial charge >= 0.3 is 5.97 Å². The van der Waals surface area contributed by atoms with Gasteiger partial charge in [0.15, 0.2) is 0 Å². The van der Waals surface area contributed by atoms with Gasteiger partial charge in [0.05, 0.1) is 11.1 Å². The maximum atomic E-state index is 14.4. The quantitative estimate of drug-likeness (QED) is 0.825. The molecular formula is C20H15F3O3. The Balaban J connectivity index is 1.97. The number of hydrogen-bond acceptors (Lipinski definition) is 2. The lowest BCUT2D eigenvalue weighted by Crippen LogP contribution is -2.33. The van der Waals surface area contributed by atoms with E-state index < -0.39 is 29.0 Å². The number of hydrogen-bond donors (Lipinski definition) is 1. The highest BCUT2D eigenvalue weighted by atomic mass is 19.1. The van der Waals surface area contributed by atoms with Crippen molar-refractivity contribution in [1.82, 2.24) is 0 Å². The zero-order valence-electron chi connectivity index (χ0n) is 13.7. The van der Waals surface area contributed by atoms with Crippen molar-refractivity contribution in [3.63, 3.8) is 0 Å². The summed E-state index contributed by atoms with van der Waals surface area (Å²) < 4.78 is 48.3. The minimum Gasteiger partial charge on any atom is -0.483 e. The SMILES string of the molecule is O=C(O)c1ccc2c(c1)C(c1c(F)cc(F)cc1F)=CC1(CCCC1)O2. The highest BCUT2D eigenvalue weighted by Crippen LogP contribution is 2.46. The van der Waals surface area contributed by atoms with E-state index in [2.05, 4.69) is 0 Å². The molecule has 2 aliphatic rings. The molecule has 1 fully saturated rings. The average molecular weight is 360 g/mol. The molecule has 1 aliphatic heterocycles. The standard InChI is InChI=1S/C20H15F3O3/c21-12-8-15(22)18(16(23)9-12)14-10-20(5-1-2-6-20)26-17-4-3-11(19(24)25)7-13(14)17/h3-4,7-10H,1-2,5-6H2,(H,24,25). The summed E-state index contributed by atoms with van der Waals surface area (Å²) in [6, 6.07) is 5.47. The first-order chi connectivity index (χ1) is 12.4. The monoisotopic (exact) mass is 360 g/mol. The Labute approximate surface area is 147 Å². The summed E-state index contributed by atoms with van der Waals surface area (Å²) in [6.07, 6.45) is 4.89. The van der Waals surface area contributed by atoms with Crippen LogP contribution in [0.4, 0.5) is 13.2 Å². The van der Waals surface area contributed by atoms with Crippen LogP contribution in [-0.2, 0) is 0 Å². The number of rotatable bonds is 2. The first-order valence-electron chi connectivity index (χ1n) is 8.33. The zero-order chi connectivity index (χ0) is 18.5. The van der Waals surface area contributed by atoms with Crippen molar-refractivity contribution in [2.24, 2.45) is 0 Å². The molecule has 2 aromatic carbocycles. The molecule has 4 rings (SSSR count). The number of carboxylic acid groups (broad SMARTS) is 1. The number of fused-ring (bicyclic) bond motifs is 1. The normalized spacial score (nSPS) is 17.6. The van der Waals surface area contributed by atoms with Crippen LogP contribution in [-0.4, -0.2) is 16.7 Å². The van der Waals surface area contributed by atoms with Gasteiger partial charge in [-0.3, -0.25) is 0 Å². The van der Waals surface area contributed by atoms with Gasteiger partial charge in [0.1, 0.15) is 28.8 Å². The highest BCUT2D eigenvalue weighted by Gasteiger charge is 2.39. The van der Waals surface area contributed by atoms with E-state index in [0.29, 0.717) is 30.7 Å². The van der Waals surface area contributed by atoms with E-state index in [9.17, 15) is 23.1 Å². The highest BCUT2D eigenvalue weighted by molar-refractivity contribution is 5.92. The van der Waals surface area contributed by atoms with Crippen LogP contribution >= 0.6 is 0 Å². The predicted octanol–water partition coefficient (Wildman–Crippen LogP) is 4.94. The van der Waals surface area contributed by atoms with Gasteiger partial charge in [0.25, 0.3) is 0 Å². The number of carbonyl (C=O) groups is 1. The molecule has 0 radical (unpaired) electrons. The van der Waals surface area contributed by atoms with Crippen molar-refractivity contribution in [3.8, 4) is 5.75 Å². The van der Waals surface area contributed by atoms with Crippen molar-refractivity contribution >= 4 is 11.5 Å². The fraction of sp³-hybridized carbons (Fsp3) is 0.250. The van der Waals surface area contributed by atoms with Gasteiger partial charge in [0, 0.05) is 17.7 Å². The van der Waals surface area contributed by atoms with E-state index in [1.807, 2.05) is 0 Å². The molecule has 1 heterocycles. The van der Waals surface area contributed by atoms with Crippen LogP contribution in [0, 0.1) is 17.5 Å². The first-order valence-corrected chi connectivity index (χ1v) is 8.33. The van der Waals surface area contributed by atoms with Crippen LogP contribution in [0.1, 0.15) is 47.2 Å². The van der Waals surface area contributed by atoms with E-state index >= 15 is 0 Å². The Hall–Kier alpha value is -2.76. The Bertz CT molecular complexity index is 920. The second-order valence-corrected chi connectivity index (χ2v) is 6.69. The van der Waals surface area contributed by atoms with Crippen LogP contribution < -0.4 is 4.74 Å². The van der Waals surface area contributed by atoms with E-state index in [1.54, 1.807) is 6.08 Å². The molecule has 1 N–H and O–H groups in total. The smallest absolute Gasteiger partial charge is 0.335 e. The van der Waals surface area contributed by atoms with Crippen LogP contribution in [0.15, 0.2) is 36.4 Å². The summed E-state index contributed by atoms with van der Waals surface area (Å²) in [6.45, 7) is 0. The summed E-state index contributed by atoms with van der Waals surface area (Å²) in [5.41, 5.74) is -0.591. The fourth-order valence-corrected chi connectivity index (χ4v) is 3.78. The Morgan fingerprint density at radius 2 is 1.69 bits per heavy atom. The van der Waals surface area contributed by atoms with Crippen LogP contribution in [0.2, 0.25) is 0 Å². The molecule has 1 spiro atoms. The number of aromatic carboxylic acids is 1. The summed E-state index contributed by atoms with van der Waals surface area (Å²) in [7, 11) is 0. The Morgan fingerprint density at radius 3 is 2.31 bits per heavy atom. The summed E-state index contributed by atoms with van der Waals surface area (Å²) in [5.74, 6) is -3.86. The Morgan fingerprint density at radius 1 is 1.04 bits per heavy atom. The van der Waals surface area contributed by atoms with Crippen molar-refractivity contribution in [2.45, 2.75) is 31.3 Å². The molecule has 0 amide bonds. The molecule has 0 bridgehead atoms. The molecule has 6 heteroatoms. The van der Waals surface area contributed by atoms with Crippen LogP contribution in [0.5, 0.6) is 5.75 Å². The average Bonchev–Trinajstić information content (AvgIpc) is 3.01. The van der Waals surface area contributed by atoms with E-state index in [0.717, 1.165) is 12.8 Å². The van der Waals surface area contributed by atoms with Crippen molar-refractivity contribution in [3.05, 3.63) is 70.5 Å². The van der Waals surface area contributed by atoms with E-state index in [-0.39, 0.29) is 22.3 Å². The molecule has 0 unspecified atom stereocenters. The lowest BCUT2D eigenvalue weighted by Gasteiger charge is -2.34. The fourth-order valence-electron chi connectivity index (χ4n) is 3.78. The molecule has 2 aromatic rings. The number of ether oxygens (including phenoxy) is 1. The number of benzene rings is 2. The molecule has 134 valence electrons. The van der Waals surface area contributed by atoms with E-state index in [1.165, 1.54) is 18.2 Å². The molecular weight excluding hydrogens is 345 g/mol. The van der Waals surface area contributed by atoms with Crippen LogP contribution in [0.3, 0.4) is 0 Å². The number of carboxylic acids is 1. The molecule has 1 aliphatic carbocycles. The van der Waals surface area contributed by atoms with Crippen molar-refractivity contribution < 1.29 is 27.8 Å². The summed E-state index contributed by atoms with van der Waals surface area (Å²) in [5, 5.41) is 9.24. The minimum absolute atomic E-state index is 0.0245. The van der Waals surface area contributed by atoms with Gasteiger partial charge in [0.2, 0.25) is 0 Å². The van der Waals surface area contributed by atoms with Gasteiger partial charge in [-0.1, -0.05) is 0 Å².